The first-order chi connectivity index (χ1) is 13.0. The van der Waals surface area contributed by atoms with E-state index in [0.717, 1.165) is 11.8 Å². The molecule has 1 atom stereocenters. The van der Waals surface area contributed by atoms with Gasteiger partial charge in [-0.2, -0.15) is 0 Å². The number of hydrogen-bond acceptors (Lipinski definition) is 6. The standard InChI is InChI=1S/C19H25N3O4S2/c1-19(2,3)14-7-5-13(6-8-14)16(23)21-15(9-12-28(4,25)26)17(24)22-18-20-10-11-27-18/h5-8,10-11,15H,9,12H2,1-4H3,(H,21,23)(H,20,22,24). The summed E-state index contributed by atoms with van der Waals surface area (Å²) in [7, 11) is -3.28. The molecule has 0 saturated carbocycles. The molecule has 0 fully saturated rings. The molecule has 0 radical (unpaired) electrons. The van der Waals surface area contributed by atoms with Gasteiger partial charge < -0.3 is 10.6 Å². The van der Waals surface area contributed by atoms with Crippen LogP contribution in [0.4, 0.5) is 5.13 Å². The zero-order chi connectivity index (χ0) is 20.9. The van der Waals surface area contributed by atoms with Gasteiger partial charge in [-0.1, -0.05) is 32.9 Å². The molecule has 0 aliphatic heterocycles. The lowest BCUT2D eigenvalue weighted by atomic mass is 9.86. The van der Waals surface area contributed by atoms with Crippen molar-refractivity contribution in [2.75, 3.05) is 17.3 Å². The molecule has 152 valence electrons. The number of carbonyl (C=O) groups is 2. The second kappa shape index (κ2) is 8.83. The predicted octanol–water partition coefficient (Wildman–Crippen LogP) is 2.61. The van der Waals surface area contributed by atoms with E-state index in [-0.39, 0.29) is 17.6 Å². The summed E-state index contributed by atoms with van der Waals surface area (Å²) < 4.78 is 23.0. The van der Waals surface area contributed by atoms with Crippen LogP contribution in [0.2, 0.25) is 0 Å². The molecule has 0 saturated heterocycles. The SMILES string of the molecule is CC(C)(C)c1ccc(C(=O)NC(CCS(C)(=O)=O)C(=O)Nc2nccs2)cc1. The summed E-state index contributed by atoms with van der Waals surface area (Å²) in [5.41, 5.74) is 1.44. The average molecular weight is 424 g/mol. The van der Waals surface area contributed by atoms with Crippen molar-refractivity contribution in [3.05, 3.63) is 47.0 Å². The molecule has 1 heterocycles. The lowest BCUT2D eigenvalue weighted by Crippen LogP contribution is -2.44. The normalized spacial score (nSPS) is 13.0. The molecule has 0 bridgehead atoms. The van der Waals surface area contributed by atoms with Crippen LogP contribution < -0.4 is 10.6 Å². The van der Waals surface area contributed by atoms with Crippen LogP contribution in [0, 0.1) is 0 Å². The molecule has 0 spiro atoms. The fraction of sp³-hybridized carbons (Fsp3) is 0.421. The van der Waals surface area contributed by atoms with Crippen molar-refractivity contribution < 1.29 is 18.0 Å². The molecule has 2 rings (SSSR count). The van der Waals surface area contributed by atoms with E-state index in [1.165, 1.54) is 11.3 Å². The van der Waals surface area contributed by atoms with Crippen LogP contribution in [0.1, 0.15) is 43.1 Å². The quantitative estimate of drug-likeness (QED) is 0.712. The summed E-state index contributed by atoms with van der Waals surface area (Å²) in [6, 6.07) is 6.14. The zero-order valence-corrected chi connectivity index (χ0v) is 18.0. The third-order valence-electron chi connectivity index (χ3n) is 4.07. The highest BCUT2D eigenvalue weighted by Gasteiger charge is 2.24. The van der Waals surface area contributed by atoms with E-state index in [4.69, 9.17) is 0 Å². The Bertz CT molecular complexity index is 915. The Morgan fingerprint density at radius 2 is 1.82 bits per heavy atom. The highest BCUT2D eigenvalue weighted by atomic mass is 32.2. The Kier molecular flexibility index (Phi) is 6.95. The predicted molar refractivity (Wildman–Crippen MR) is 111 cm³/mol. The zero-order valence-electron chi connectivity index (χ0n) is 16.4. The summed E-state index contributed by atoms with van der Waals surface area (Å²) in [6.07, 6.45) is 2.61. The van der Waals surface area contributed by atoms with Crippen molar-refractivity contribution in [2.24, 2.45) is 0 Å². The van der Waals surface area contributed by atoms with Gasteiger partial charge in [-0.25, -0.2) is 13.4 Å². The number of benzene rings is 1. The van der Waals surface area contributed by atoms with Crippen LogP contribution in [0.3, 0.4) is 0 Å². The summed E-state index contributed by atoms with van der Waals surface area (Å²) >= 11 is 1.24. The number of rotatable bonds is 7. The Labute approximate surface area is 169 Å². The van der Waals surface area contributed by atoms with Crippen LogP contribution in [0.25, 0.3) is 0 Å². The lowest BCUT2D eigenvalue weighted by Gasteiger charge is -2.20. The highest BCUT2D eigenvalue weighted by molar-refractivity contribution is 7.90. The molecule has 7 nitrogen and oxygen atoms in total. The van der Waals surface area contributed by atoms with Crippen molar-refractivity contribution in [1.82, 2.24) is 10.3 Å². The summed E-state index contributed by atoms with van der Waals surface area (Å²) in [5.74, 6) is -1.15. The van der Waals surface area contributed by atoms with Gasteiger partial charge in [0.15, 0.2) is 5.13 Å². The van der Waals surface area contributed by atoms with Gasteiger partial charge in [-0.05, 0) is 29.5 Å². The van der Waals surface area contributed by atoms with E-state index in [1.54, 1.807) is 23.7 Å². The fourth-order valence-corrected chi connectivity index (χ4v) is 3.64. The van der Waals surface area contributed by atoms with E-state index < -0.39 is 27.7 Å². The molecule has 28 heavy (non-hydrogen) atoms. The van der Waals surface area contributed by atoms with Crippen molar-refractivity contribution in [1.29, 1.82) is 0 Å². The van der Waals surface area contributed by atoms with E-state index in [1.807, 2.05) is 12.1 Å². The first kappa shape index (κ1) is 22.0. The lowest BCUT2D eigenvalue weighted by molar-refractivity contribution is -0.118. The molecule has 1 aromatic carbocycles. The maximum absolute atomic E-state index is 12.6. The monoisotopic (exact) mass is 423 g/mol. The minimum absolute atomic E-state index is 0.0259. The number of aromatic nitrogens is 1. The Balaban J connectivity index is 2.13. The van der Waals surface area contributed by atoms with Crippen LogP contribution in [0.5, 0.6) is 0 Å². The van der Waals surface area contributed by atoms with E-state index in [2.05, 4.69) is 36.4 Å². The highest BCUT2D eigenvalue weighted by Crippen LogP contribution is 2.22. The molecular weight excluding hydrogens is 398 g/mol. The number of thiazole rings is 1. The number of anilines is 1. The summed E-state index contributed by atoms with van der Waals surface area (Å²) in [5, 5.41) is 7.33. The Hall–Kier alpha value is -2.26. The topological polar surface area (TPSA) is 105 Å². The summed E-state index contributed by atoms with van der Waals surface area (Å²) in [6.45, 7) is 6.23. The van der Waals surface area contributed by atoms with Gasteiger partial charge in [0.2, 0.25) is 5.91 Å². The van der Waals surface area contributed by atoms with Gasteiger partial charge in [-0.3, -0.25) is 9.59 Å². The third-order valence-corrected chi connectivity index (χ3v) is 5.74. The first-order valence-electron chi connectivity index (χ1n) is 8.75. The van der Waals surface area contributed by atoms with Crippen molar-refractivity contribution in [3.8, 4) is 0 Å². The fourth-order valence-electron chi connectivity index (χ4n) is 2.44. The van der Waals surface area contributed by atoms with Crippen LogP contribution in [-0.4, -0.2) is 43.3 Å². The van der Waals surface area contributed by atoms with Gasteiger partial charge in [0, 0.05) is 23.4 Å². The van der Waals surface area contributed by atoms with Gasteiger partial charge in [0.05, 0.1) is 5.75 Å². The molecule has 0 aliphatic rings. The van der Waals surface area contributed by atoms with Crippen molar-refractivity contribution in [3.63, 3.8) is 0 Å². The van der Waals surface area contributed by atoms with E-state index in [0.29, 0.717) is 10.7 Å². The maximum Gasteiger partial charge on any atom is 0.251 e. The molecule has 2 N–H and O–H groups in total. The number of sulfone groups is 1. The second-order valence-corrected chi connectivity index (χ2v) is 10.8. The molecule has 1 unspecified atom stereocenters. The number of nitrogens with zero attached hydrogens (tertiary/aromatic N) is 1. The van der Waals surface area contributed by atoms with E-state index >= 15 is 0 Å². The average Bonchev–Trinajstić information content (AvgIpc) is 3.09. The smallest absolute Gasteiger partial charge is 0.251 e. The first-order valence-corrected chi connectivity index (χ1v) is 11.7. The molecule has 2 aromatic rings. The number of hydrogen-bond donors (Lipinski definition) is 2. The van der Waals surface area contributed by atoms with Crippen molar-refractivity contribution >= 4 is 38.1 Å². The number of carbonyl (C=O) groups excluding carboxylic acids is 2. The third kappa shape index (κ3) is 6.72. The maximum atomic E-state index is 12.6. The minimum Gasteiger partial charge on any atom is -0.340 e. The van der Waals surface area contributed by atoms with Crippen molar-refractivity contribution in [2.45, 2.75) is 38.6 Å². The number of amides is 2. The molecule has 2 amide bonds. The Morgan fingerprint density at radius 1 is 1.18 bits per heavy atom. The van der Waals surface area contributed by atoms with Crippen LogP contribution in [-0.2, 0) is 20.0 Å². The number of nitrogens with one attached hydrogen (secondary N) is 2. The largest absolute Gasteiger partial charge is 0.340 e. The van der Waals surface area contributed by atoms with Gasteiger partial charge >= 0.3 is 0 Å². The molecule has 0 aliphatic carbocycles. The summed E-state index contributed by atoms with van der Waals surface area (Å²) in [4.78, 5) is 29.1. The minimum atomic E-state index is -3.28. The molecular formula is C19H25N3O4S2. The van der Waals surface area contributed by atoms with Gasteiger partial charge in [0.25, 0.3) is 5.91 Å². The second-order valence-electron chi connectivity index (χ2n) is 7.60. The van der Waals surface area contributed by atoms with E-state index in [9.17, 15) is 18.0 Å². The van der Waals surface area contributed by atoms with Gasteiger partial charge in [-0.15, -0.1) is 11.3 Å². The van der Waals surface area contributed by atoms with Crippen LogP contribution in [0.15, 0.2) is 35.8 Å². The van der Waals surface area contributed by atoms with Gasteiger partial charge in [0.1, 0.15) is 15.9 Å². The molecule has 9 heteroatoms. The van der Waals surface area contributed by atoms with Crippen LogP contribution >= 0.6 is 11.3 Å². The molecule has 1 aromatic heterocycles. The Morgan fingerprint density at radius 3 is 2.32 bits per heavy atom.